The first-order valence-electron chi connectivity index (χ1n) is 8.01. The van der Waals surface area contributed by atoms with Crippen LogP contribution in [0.5, 0.6) is 5.75 Å². The van der Waals surface area contributed by atoms with E-state index in [1.165, 1.54) is 20.4 Å². The SMILES string of the molecule is COCC(=O)Nc1cc2c(cc1OC)NC(=O)C[C@H]2c1cn[nH]c1C(=O)O. The van der Waals surface area contributed by atoms with Crippen LogP contribution in [0.4, 0.5) is 11.4 Å². The number of methoxy groups -OCH3 is 2. The van der Waals surface area contributed by atoms with E-state index in [1.54, 1.807) is 12.1 Å². The summed E-state index contributed by atoms with van der Waals surface area (Å²) < 4.78 is 10.1. The maximum atomic E-state index is 12.1. The van der Waals surface area contributed by atoms with Crippen molar-refractivity contribution >= 4 is 29.2 Å². The first kappa shape index (κ1) is 18.4. The van der Waals surface area contributed by atoms with Gasteiger partial charge in [0.05, 0.1) is 19.0 Å². The van der Waals surface area contributed by atoms with Crippen molar-refractivity contribution in [1.82, 2.24) is 10.2 Å². The molecule has 2 aromatic rings. The fraction of sp³-hybridized carbons (Fsp3) is 0.294. The number of hydrogen-bond donors (Lipinski definition) is 4. The van der Waals surface area contributed by atoms with Crippen LogP contribution in [0.2, 0.25) is 0 Å². The number of ether oxygens (including phenoxy) is 2. The van der Waals surface area contributed by atoms with Crippen molar-refractivity contribution in [2.75, 3.05) is 31.5 Å². The predicted octanol–water partition coefficient (Wildman–Crippen LogP) is 1.18. The molecule has 1 aromatic carbocycles. The third kappa shape index (κ3) is 3.60. The second-order valence-corrected chi connectivity index (χ2v) is 5.93. The molecule has 0 spiro atoms. The monoisotopic (exact) mass is 374 g/mol. The summed E-state index contributed by atoms with van der Waals surface area (Å²) in [5.41, 5.74) is 1.82. The minimum atomic E-state index is -1.17. The van der Waals surface area contributed by atoms with Gasteiger partial charge in [0, 0.05) is 36.8 Å². The van der Waals surface area contributed by atoms with Gasteiger partial charge in [0.2, 0.25) is 11.8 Å². The molecule has 1 aliphatic heterocycles. The Morgan fingerprint density at radius 2 is 2.11 bits per heavy atom. The molecule has 2 amide bonds. The number of benzene rings is 1. The Hall–Kier alpha value is -3.40. The number of carboxylic acids is 1. The number of anilines is 2. The molecule has 1 aliphatic rings. The fourth-order valence-corrected chi connectivity index (χ4v) is 3.08. The van der Waals surface area contributed by atoms with E-state index in [0.717, 1.165) is 0 Å². The molecule has 0 aliphatic carbocycles. The Bertz CT molecular complexity index is 907. The number of rotatable bonds is 6. The third-order valence-corrected chi connectivity index (χ3v) is 4.22. The smallest absolute Gasteiger partial charge is 0.354 e. The first-order valence-corrected chi connectivity index (χ1v) is 8.01. The van der Waals surface area contributed by atoms with Crippen LogP contribution in [0.1, 0.15) is 34.0 Å². The summed E-state index contributed by atoms with van der Waals surface area (Å²) in [5, 5.41) is 21.0. The summed E-state index contributed by atoms with van der Waals surface area (Å²) in [5.74, 6) is -1.99. The average Bonchev–Trinajstić information content (AvgIpc) is 3.11. The standard InChI is InChI=1S/C17H18N4O6/c1-26-7-15(23)20-12-3-9-8(10-6-18-21-16(10)17(24)25)4-14(22)19-11(9)5-13(12)27-2/h3,5-6,8H,4,7H2,1-2H3,(H,18,21)(H,19,22)(H,20,23)(H,24,25)/t8-/m1/s1. The number of aromatic carboxylic acids is 1. The van der Waals surface area contributed by atoms with Gasteiger partial charge in [-0.2, -0.15) is 5.10 Å². The van der Waals surface area contributed by atoms with E-state index < -0.39 is 11.9 Å². The van der Waals surface area contributed by atoms with Gasteiger partial charge in [-0.25, -0.2) is 4.79 Å². The van der Waals surface area contributed by atoms with E-state index in [-0.39, 0.29) is 30.5 Å². The van der Waals surface area contributed by atoms with E-state index in [2.05, 4.69) is 20.8 Å². The fourth-order valence-electron chi connectivity index (χ4n) is 3.08. The summed E-state index contributed by atoms with van der Waals surface area (Å²) >= 11 is 0. The maximum Gasteiger partial charge on any atom is 0.354 e. The zero-order valence-corrected chi connectivity index (χ0v) is 14.7. The van der Waals surface area contributed by atoms with E-state index in [4.69, 9.17) is 9.47 Å². The van der Waals surface area contributed by atoms with Gasteiger partial charge in [-0.1, -0.05) is 0 Å². The van der Waals surface area contributed by atoms with Crippen molar-refractivity contribution in [2.45, 2.75) is 12.3 Å². The number of nitrogens with zero attached hydrogens (tertiary/aromatic N) is 1. The number of H-pyrrole nitrogens is 1. The van der Waals surface area contributed by atoms with Crippen LogP contribution < -0.4 is 15.4 Å². The van der Waals surface area contributed by atoms with Gasteiger partial charge < -0.3 is 25.2 Å². The number of carbonyl (C=O) groups excluding carboxylic acids is 2. The second kappa shape index (κ2) is 7.46. The van der Waals surface area contributed by atoms with Gasteiger partial charge in [0.1, 0.15) is 18.1 Å². The maximum absolute atomic E-state index is 12.1. The Balaban J connectivity index is 2.08. The van der Waals surface area contributed by atoms with Crippen molar-refractivity contribution < 1.29 is 29.0 Å². The normalized spacial score (nSPS) is 15.6. The highest BCUT2D eigenvalue weighted by molar-refractivity contribution is 5.99. The zero-order valence-electron chi connectivity index (χ0n) is 14.7. The number of amides is 2. The highest BCUT2D eigenvalue weighted by atomic mass is 16.5. The molecule has 4 N–H and O–H groups in total. The van der Waals surface area contributed by atoms with Crippen molar-refractivity contribution in [3.63, 3.8) is 0 Å². The lowest BCUT2D eigenvalue weighted by Gasteiger charge is -2.27. The van der Waals surface area contributed by atoms with Crippen molar-refractivity contribution in [3.8, 4) is 5.75 Å². The Morgan fingerprint density at radius 1 is 1.33 bits per heavy atom. The lowest BCUT2D eigenvalue weighted by molar-refractivity contribution is -0.119. The molecule has 0 unspecified atom stereocenters. The lowest BCUT2D eigenvalue weighted by Crippen LogP contribution is -2.25. The van der Waals surface area contributed by atoms with E-state index >= 15 is 0 Å². The van der Waals surface area contributed by atoms with Crippen LogP contribution in [0.3, 0.4) is 0 Å². The molecule has 0 radical (unpaired) electrons. The zero-order chi connectivity index (χ0) is 19.6. The van der Waals surface area contributed by atoms with Crippen molar-refractivity contribution in [1.29, 1.82) is 0 Å². The van der Waals surface area contributed by atoms with Gasteiger partial charge >= 0.3 is 5.97 Å². The van der Waals surface area contributed by atoms with Crippen LogP contribution in [0.15, 0.2) is 18.3 Å². The summed E-state index contributed by atoms with van der Waals surface area (Å²) in [6, 6.07) is 3.24. The van der Waals surface area contributed by atoms with E-state index in [9.17, 15) is 19.5 Å². The molecule has 10 nitrogen and oxygen atoms in total. The van der Waals surface area contributed by atoms with Gasteiger partial charge in [0.25, 0.3) is 0 Å². The largest absolute Gasteiger partial charge is 0.494 e. The highest BCUT2D eigenvalue weighted by Crippen LogP contribution is 2.42. The van der Waals surface area contributed by atoms with E-state index in [0.29, 0.717) is 28.3 Å². The number of fused-ring (bicyclic) bond motifs is 1. The van der Waals surface area contributed by atoms with Crippen molar-refractivity contribution in [2.24, 2.45) is 0 Å². The van der Waals surface area contributed by atoms with Crippen LogP contribution in [-0.4, -0.2) is 53.9 Å². The topological polar surface area (TPSA) is 143 Å². The molecule has 0 fully saturated rings. The Morgan fingerprint density at radius 3 is 2.78 bits per heavy atom. The molecule has 0 bridgehead atoms. The van der Waals surface area contributed by atoms with E-state index in [1.807, 2.05) is 0 Å². The number of carboxylic acid groups (broad SMARTS) is 1. The van der Waals surface area contributed by atoms with Crippen LogP contribution in [-0.2, 0) is 14.3 Å². The lowest BCUT2D eigenvalue weighted by atomic mass is 9.84. The third-order valence-electron chi connectivity index (χ3n) is 4.22. The number of aromatic amines is 1. The second-order valence-electron chi connectivity index (χ2n) is 5.93. The number of hydrogen-bond acceptors (Lipinski definition) is 6. The van der Waals surface area contributed by atoms with Crippen LogP contribution >= 0.6 is 0 Å². The van der Waals surface area contributed by atoms with Gasteiger partial charge in [-0.05, 0) is 11.6 Å². The minimum absolute atomic E-state index is 0.0462. The van der Waals surface area contributed by atoms with Crippen LogP contribution in [0, 0.1) is 0 Å². The molecule has 2 heterocycles. The Labute approximate surface area is 153 Å². The Kier molecular flexibility index (Phi) is 5.08. The number of aromatic nitrogens is 2. The van der Waals surface area contributed by atoms with Crippen molar-refractivity contribution in [3.05, 3.63) is 35.2 Å². The quantitative estimate of drug-likeness (QED) is 0.594. The average molecular weight is 374 g/mol. The molecule has 142 valence electrons. The van der Waals surface area contributed by atoms with Crippen LogP contribution in [0.25, 0.3) is 0 Å². The molecule has 3 rings (SSSR count). The molecule has 1 aromatic heterocycles. The minimum Gasteiger partial charge on any atom is -0.494 e. The highest BCUT2D eigenvalue weighted by Gasteiger charge is 2.32. The summed E-state index contributed by atoms with van der Waals surface area (Å²) in [7, 11) is 2.84. The number of carbonyl (C=O) groups is 3. The molecular formula is C17H18N4O6. The van der Waals surface area contributed by atoms with Gasteiger partial charge in [-0.3, -0.25) is 14.7 Å². The molecule has 0 saturated carbocycles. The summed E-state index contributed by atoms with van der Waals surface area (Å²) in [6.07, 6.45) is 1.44. The molecule has 1 atom stereocenters. The number of nitrogens with one attached hydrogen (secondary N) is 3. The molecule has 27 heavy (non-hydrogen) atoms. The van der Waals surface area contributed by atoms with Gasteiger partial charge in [-0.15, -0.1) is 0 Å². The molecule has 10 heteroatoms. The first-order chi connectivity index (χ1) is 12.9. The summed E-state index contributed by atoms with van der Waals surface area (Å²) in [6.45, 7) is -0.134. The summed E-state index contributed by atoms with van der Waals surface area (Å²) in [4.78, 5) is 35.5. The van der Waals surface area contributed by atoms with Gasteiger partial charge in [0.15, 0.2) is 0 Å². The predicted molar refractivity (Wildman–Crippen MR) is 94.1 cm³/mol. The molecular weight excluding hydrogens is 356 g/mol. The molecule has 0 saturated heterocycles.